The monoisotopic (exact) mass is 248 g/mol. The van der Waals surface area contributed by atoms with Gasteiger partial charge in [-0.1, -0.05) is 27.2 Å². The van der Waals surface area contributed by atoms with Crippen LogP contribution in [-0.2, 0) is 7.05 Å². The number of pyridine rings is 1. The van der Waals surface area contributed by atoms with E-state index in [2.05, 4.69) is 31.4 Å². The molecule has 0 N–H and O–H groups in total. The van der Waals surface area contributed by atoms with Crippen molar-refractivity contribution in [1.29, 1.82) is 0 Å². The van der Waals surface area contributed by atoms with E-state index in [4.69, 9.17) is 4.74 Å². The van der Waals surface area contributed by atoms with Crippen LogP contribution in [-0.4, -0.2) is 6.10 Å². The summed E-state index contributed by atoms with van der Waals surface area (Å²) in [6.45, 7) is 6.99. The Morgan fingerprint density at radius 2 is 2.06 bits per heavy atom. The molecule has 0 aromatic carbocycles. The van der Waals surface area contributed by atoms with Gasteiger partial charge in [0, 0.05) is 6.07 Å². The molecule has 0 amide bonds. The van der Waals surface area contributed by atoms with E-state index in [1.165, 1.54) is 19.3 Å². The number of aromatic nitrogens is 1. The van der Waals surface area contributed by atoms with Gasteiger partial charge in [-0.25, -0.2) is 0 Å². The lowest BCUT2D eigenvalue weighted by Crippen LogP contribution is -2.40. The first-order valence-corrected chi connectivity index (χ1v) is 7.19. The average molecular weight is 248 g/mol. The second-order valence-corrected chi connectivity index (χ2v) is 6.13. The summed E-state index contributed by atoms with van der Waals surface area (Å²) >= 11 is 0. The molecule has 0 spiro atoms. The molecule has 1 heterocycles. The minimum atomic E-state index is 0.377. The standard InChI is InChI=1S/C16H26NO/c1-12(2)14-9-8-13(3)11-15(14)18-16-7-5-6-10-17(16)4/h5-7,10,12-15H,8-9,11H2,1-4H3/q+1/t13-,14-,15+/m1/s1. The second-order valence-electron chi connectivity index (χ2n) is 6.13. The first-order chi connectivity index (χ1) is 8.58. The van der Waals surface area contributed by atoms with Gasteiger partial charge in [0.1, 0.15) is 13.2 Å². The summed E-state index contributed by atoms with van der Waals surface area (Å²) < 4.78 is 8.36. The van der Waals surface area contributed by atoms with Gasteiger partial charge in [0.05, 0.1) is 6.07 Å². The van der Waals surface area contributed by atoms with E-state index in [0.717, 1.165) is 11.8 Å². The maximum atomic E-state index is 6.29. The summed E-state index contributed by atoms with van der Waals surface area (Å²) in [6.07, 6.45) is 6.27. The highest BCUT2D eigenvalue weighted by Gasteiger charge is 2.33. The Kier molecular flexibility index (Phi) is 4.26. The zero-order valence-corrected chi connectivity index (χ0v) is 12.1. The fourth-order valence-electron chi connectivity index (χ4n) is 3.04. The third kappa shape index (κ3) is 3.04. The van der Waals surface area contributed by atoms with E-state index in [-0.39, 0.29) is 0 Å². The Hall–Kier alpha value is -1.05. The van der Waals surface area contributed by atoms with E-state index < -0.39 is 0 Å². The first-order valence-electron chi connectivity index (χ1n) is 7.19. The smallest absolute Gasteiger partial charge is 0.367 e. The number of ether oxygens (including phenoxy) is 1. The van der Waals surface area contributed by atoms with Gasteiger partial charge in [-0.3, -0.25) is 0 Å². The van der Waals surface area contributed by atoms with Crippen LogP contribution in [0.25, 0.3) is 0 Å². The number of hydrogen-bond donors (Lipinski definition) is 0. The summed E-state index contributed by atoms with van der Waals surface area (Å²) in [6, 6.07) is 6.15. The van der Waals surface area contributed by atoms with Gasteiger partial charge in [-0.15, -0.1) is 0 Å². The summed E-state index contributed by atoms with van der Waals surface area (Å²) in [7, 11) is 2.05. The molecular formula is C16H26NO+. The van der Waals surface area contributed by atoms with Crippen LogP contribution >= 0.6 is 0 Å². The Bertz CT molecular complexity index is 388. The number of nitrogens with zero attached hydrogens (tertiary/aromatic N) is 1. The van der Waals surface area contributed by atoms with Crippen molar-refractivity contribution in [3.05, 3.63) is 24.4 Å². The molecule has 2 heteroatoms. The van der Waals surface area contributed by atoms with Crippen molar-refractivity contribution in [3.8, 4) is 5.88 Å². The van der Waals surface area contributed by atoms with E-state index >= 15 is 0 Å². The van der Waals surface area contributed by atoms with E-state index in [0.29, 0.717) is 17.9 Å². The van der Waals surface area contributed by atoms with Crippen molar-refractivity contribution in [2.24, 2.45) is 24.8 Å². The SMILES string of the molecule is CC(C)[C@H]1CC[C@@H](C)C[C@@H]1Oc1cccc[n+]1C. The fraction of sp³-hybridized carbons (Fsp3) is 0.688. The molecule has 0 radical (unpaired) electrons. The van der Waals surface area contributed by atoms with Gasteiger partial charge in [0.15, 0.2) is 6.20 Å². The Morgan fingerprint density at radius 3 is 2.72 bits per heavy atom. The van der Waals surface area contributed by atoms with Crippen molar-refractivity contribution < 1.29 is 9.30 Å². The molecule has 1 fully saturated rings. The third-order valence-electron chi connectivity index (χ3n) is 4.24. The minimum Gasteiger partial charge on any atom is -0.441 e. The van der Waals surface area contributed by atoms with Crippen LogP contribution in [0.3, 0.4) is 0 Å². The van der Waals surface area contributed by atoms with Crippen LogP contribution in [0.4, 0.5) is 0 Å². The van der Waals surface area contributed by atoms with Crippen LogP contribution < -0.4 is 9.30 Å². The first kappa shape index (κ1) is 13.4. The van der Waals surface area contributed by atoms with Gasteiger partial charge in [0.25, 0.3) is 0 Å². The fourth-order valence-corrected chi connectivity index (χ4v) is 3.04. The summed E-state index contributed by atoms with van der Waals surface area (Å²) in [5.41, 5.74) is 0. The van der Waals surface area contributed by atoms with Gasteiger partial charge in [-0.05, 0) is 36.7 Å². The van der Waals surface area contributed by atoms with Gasteiger partial charge < -0.3 is 4.74 Å². The van der Waals surface area contributed by atoms with Crippen LogP contribution in [0.15, 0.2) is 24.4 Å². The Balaban J connectivity index is 2.11. The molecule has 1 aromatic heterocycles. The van der Waals surface area contributed by atoms with Crippen molar-refractivity contribution in [2.45, 2.75) is 46.1 Å². The number of hydrogen-bond acceptors (Lipinski definition) is 1. The molecule has 0 aliphatic heterocycles. The van der Waals surface area contributed by atoms with Crippen LogP contribution in [0.5, 0.6) is 5.88 Å². The topological polar surface area (TPSA) is 13.1 Å². The Labute approximate surface area is 111 Å². The normalized spacial score (nSPS) is 28.4. The second kappa shape index (κ2) is 5.73. The molecule has 100 valence electrons. The quantitative estimate of drug-likeness (QED) is 0.748. The maximum absolute atomic E-state index is 6.29. The lowest BCUT2D eigenvalue weighted by Gasteiger charge is -2.36. The lowest BCUT2D eigenvalue weighted by molar-refractivity contribution is -0.678. The van der Waals surface area contributed by atoms with Crippen LogP contribution in [0.2, 0.25) is 0 Å². The van der Waals surface area contributed by atoms with Crippen LogP contribution in [0.1, 0.15) is 40.0 Å². The molecule has 0 unspecified atom stereocenters. The van der Waals surface area contributed by atoms with Gasteiger partial charge in [-0.2, -0.15) is 4.57 Å². The lowest BCUT2D eigenvalue weighted by atomic mass is 9.75. The summed E-state index contributed by atoms with van der Waals surface area (Å²) in [5.74, 6) is 3.18. The molecular weight excluding hydrogens is 222 g/mol. The minimum absolute atomic E-state index is 0.377. The zero-order chi connectivity index (χ0) is 13.1. The van der Waals surface area contributed by atoms with Crippen molar-refractivity contribution in [1.82, 2.24) is 0 Å². The largest absolute Gasteiger partial charge is 0.441 e. The molecule has 2 rings (SSSR count). The zero-order valence-electron chi connectivity index (χ0n) is 12.1. The van der Waals surface area contributed by atoms with Crippen LogP contribution in [0, 0.1) is 17.8 Å². The summed E-state index contributed by atoms with van der Waals surface area (Å²) in [4.78, 5) is 0. The molecule has 1 aliphatic rings. The molecule has 1 aromatic rings. The molecule has 1 saturated carbocycles. The highest BCUT2D eigenvalue weighted by atomic mass is 16.5. The molecule has 1 aliphatic carbocycles. The predicted octanol–water partition coefficient (Wildman–Crippen LogP) is 3.35. The highest BCUT2D eigenvalue weighted by molar-refractivity contribution is 5.03. The molecule has 0 bridgehead atoms. The van der Waals surface area contributed by atoms with E-state index in [1.54, 1.807) is 0 Å². The number of aryl methyl sites for hydroxylation is 1. The van der Waals surface area contributed by atoms with Gasteiger partial charge in [0.2, 0.25) is 0 Å². The predicted molar refractivity (Wildman–Crippen MR) is 73.4 cm³/mol. The Morgan fingerprint density at radius 1 is 1.28 bits per heavy atom. The van der Waals surface area contributed by atoms with Crippen molar-refractivity contribution >= 4 is 0 Å². The van der Waals surface area contributed by atoms with Gasteiger partial charge >= 0.3 is 5.88 Å². The molecule has 3 atom stereocenters. The molecule has 2 nitrogen and oxygen atoms in total. The molecule has 0 saturated heterocycles. The molecule has 18 heavy (non-hydrogen) atoms. The third-order valence-corrected chi connectivity index (χ3v) is 4.24. The average Bonchev–Trinajstić information content (AvgIpc) is 2.32. The van der Waals surface area contributed by atoms with E-state index in [1.807, 2.05) is 25.4 Å². The maximum Gasteiger partial charge on any atom is 0.367 e. The van der Waals surface area contributed by atoms with E-state index in [9.17, 15) is 0 Å². The summed E-state index contributed by atoms with van der Waals surface area (Å²) in [5, 5.41) is 0. The highest BCUT2D eigenvalue weighted by Crippen LogP contribution is 2.35. The van der Waals surface area contributed by atoms with Crippen molar-refractivity contribution in [2.75, 3.05) is 0 Å². The number of rotatable bonds is 3. The van der Waals surface area contributed by atoms with Crippen molar-refractivity contribution in [3.63, 3.8) is 0 Å².